The standard InChI is InChI=1S/C25H33N5O5S/c26-12-17-13-29(14-17)36(34,35)28-9-3-5-18(15-28)25(33)30-10-4-8-23(30)24(32)27-22-11-19(16-31)20-6-1-2-7-21(20)22/h1-2,6-7,17-19,22-23,31H,3-5,8-11,13-16H2,(H,27,32)/t18-,19?,22?,23?/m0/s1. The van der Waals surface area contributed by atoms with Gasteiger partial charge in [0.25, 0.3) is 10.2 Å². The number of hydrogen-bond acceptors (Lipinski definition) is 6. The van der Waals surface area contributed by atoms with Crippen LogP contribution in [0.5, 0.6) is 0 Å². The van der Waals surface area contributed by atoms with E-state index in [1.807, 2.05) is 24.3 Å². The summed E-state index contributed by atoms with van der Waals surface area (Å²) >= 11 is 0. The molecule has 3 fully saturated rings. The van der Waals surface area contributed by atoms with Gasteiger partial charge in [-0.15, -0.1) is 0 Å². The lowest BCUT2D eigenvalue weighted by atomic mass is 9.97. The van der Waals surface area contributed by atoms with Crippen LogP contribution >= 0.6 is 0 Å². The first kappa shape index (κ1) is 25.1. The number of likely N-dealkylation sites (tertiary alicyclic amines) is 1. The van der Waals surface area contributed by atoms with Crippen molar-refractivity contribution in [3.05, 3.63) is 35.4 Å². The molecular formula is C25H33N5O5S. The molecule has 5 rings (SSSR count). The van der Waals surface area contributed by atoms with Crippen molar-refractivity contribution in [3.63, 3.8) is 0 Å². The summed E-state index contributed by atoms with van der Waals surface area (Å²) in [6.45, 7) is 1.36. The van der Waals surface area contributed by atoms with Gasteiger partial charge in [0.2, 0.25) is 11.8 Å². The summed E-state index contributed by atoms with van der Waals surface area (Å²) < 4.78 is 28.6. The topological polar surface area (TPSA) is 134 Å². The van der Waals surface area contributed by atoms with E-state index in [0.29, 0.717) is 38.8 Å². The Morgan fingerprint density at radius 3 is 2.50 bits per heavy atom. The minimum atomic E-state index is -3.69. The van der Waals surface area contributed by atoms with Crippen LogP contribution in [0.2, 0.25) is 0 Å². The molecule has 1 aliphatic carbocycles. The first-order valence-corrected chi connectivity index (χ1v) is 14.2. The number of nitriles is 1. The van der Waals surface area contributed by atoms with Crippen molar-refractivity contribution < 1.29 is 23.1 Å². The maximum Gasteiger partial charge on any atom is 0.282 e. The van der Waals surface area contributed by atoms with Gasteiger partial charge in [0.15, 0.2) is 0 Å². The van der Waals surface area contributed by atoms with E-state index >= 15 is 0 Å². The fourth-order valence-electron chi connectivity index (χ4n) is 6.08. The summed E-state index contributed by atoms with van der Waals surface area (Å²) in [7, 11) is -3.69. The highest BCUT2D eigenvalue weighted by Gasteiger charge is 2.44. The zero-order chi connectivity index (χ0) is 25.4. The second kappa shape index (κ2) is 10.1. The van der Waals surface area contributed by atoms with Crippen molar-refractivity contribution >= 4 is 22.0 Å². The number of piperidine rings is 1. The Kier molecular flexibility index (Phi) is 7.05. The van der Waals surface area contributed by atoms with Gasteiger partial charge < -0.3 is 15.3 Å². The van der Waals surface area contributed by atoms with E-state index in [4.69, 9.17) is 5.26 Å². The van der Waals surface area contributed by atoms with Crippen molar-refractivity contribution in [1.82, 2.24) is 18.8 Å². The number of nitrogens with zero attached hydrogens (tertiary/aromatic N) is 4. The Balaban J connectivity index is 1.23. The molecule has 3 unspecified atom stereocenters. The van der Waals surface area contributed by atoms with Gasteiger partial charge in [0, 0.05) is 38.6 Å². The number of carbonyl (C=O) groups is 2. The van der Waals surface area contributed by atoms with Gasteiger partial charge in [0.1, 0.15) is 6.04 Å². The van der Waals surface area contributed by atoms with Gasteiger partial charge in [-0.05, 0) is 43.2 Å². The van der Waals surface area contributed by atoms with Crippen LogP contribution in [0.4, 0.5) is 0 Å². The van der Waals surface area contributed by atoms with E-state index in [0.717, 1.165) is 17.5 Å². The molecule has 4 atom stereocenters. The van der Waals surface area contributed by atoms with Crippen LogP contribution in [0.15, 0.2) is 24.3 Å². The Morgan fingerprint density at radius 2 is 1.78 bits per heavy atom. The second-order valence-electron chi connectivity index (χ2n) is 10.3. The molecule has 0 aromatic heterocycles. The monoisotopic (exact) mass is 515 g/mol. The third kappa shape index (κ3) is 4.52. The van der Waals surface area contributed by atoms with Crippen LogP contribution in [0.25, 0.3) is 0 Å². The molecule has 11 heteroatoms. The molecule has 4 aliphatic rings. The predicted octanol–water partition coefficient (Wildman–Crippen LogP) is 0.727. The molecule has 2 amide bonds. The minimum absolute atomic E-state index is 0.0159. The van der Waals surface area contributed by atoms with Crippen molar-refractivity contribution in [2.45, 2.75) is 50.1 Å². The van der Waals surface area contributed by atoms with Crippen LogP contribution in [0, 0.1) is 23.2 Å². The average Bonchev–Trinajstić information content (AvgIpc) is 3.48. The number of hydrogen-bond donors (Lipinski definition) is 2. The first-order chi connectivity index (χ1) is 17.3. The second-order valence-corrected chi connectivity index (χ2v) is 12.3. The summed E-state index contributed by atoms with van der Waals surface area (Å²) in [4.78, 5) is 28.5. The quantitative estimate of drug-likeness (QED) is 0.574. The highest BCUT2D eigenvalue weighted by Crippen LogP contribution is 2.40. The predicted molar refractivity (Wildman–Crippen MR) is 130 cm³/mol. The van der Waals surface area contributed by atoms with Gasteiger partial charge in [-0.25, -0.2) is 0 Å². The van der Waals surface area contributed by atoms with Gasteiger partial charge >= 0.3 is 0 Å². The van der Waals surface area contributed by atoms with Crippen molar-refractivity contribution in [2.24, 2.45) is 11.8 Å². The average molecular weight is 516 g/mol. The number of amides is 2. The third-order valence-electron chi connectivity index (χ3n) is 8.12. The van der Waals surface area contributed by atoms with E-state index < -0.39 is 22.2 Å². The lowest BCUT2D eigenvalue weighted by molar-refractivity contribution is -0.142. The van der Waals surface area contributed by atoms with E-state index in [1.165, 1.54) is 8.61 Å². The van der Waals surface area contributed by atoms with E-state index in [1.54, 1.807) is 4.90 Å². The number of benzene rings is 1. The van der Waals surface area contributed by atoms with Crippen LogP contribution in [-0.2, 0) is 19.8 Å². The highest BCUT2D eigenvalue weighted by molar-refractivity contribution is 7.86. The maximum absolute atomic E-state index is 13.5. The molecule has 36 heavy (non-hydrogen) atoms. The van der Waals surface area contributed by atoms with Gasteiger partial charge in [0.05, 0.1) is 30.6 Å². The molecular weight excluding hydrogens is 482 g/mol. The van der Waals surface area contributed by atoms with E-state index in [9.17, 15) is 23.1 Å². The number of aliphatic hydroxyl groups is 1. The van der Waals surface area contributed by atoms with Gasteiger partial charge in [-0.2, -0.15) is 22.3 Å². The summed E-state index contributed by atoms with van der Waals surface area (Å²) in [5.41, 5.74) is 2.06. The van der Waals surface area contributed by atoms with Gasteiger partial charge in [-0.3, -0.25) is 9.59 Å². The van der Waals surface area contributed by atoms with Crippen LogP contribution in [0.1, 0.15) is 55.2 Å². The molecule has 0 radical (unpaired) electrons. The maximum atomic E-state index is 13.5. The van der Waals surface area contributed by atoms with E-state index in [2.05, 4.69) is 11.4 Å². The van der Waals surface area contributed by atoms with Crippen molar-refractivity contribution in [3.8, 4) is 6.07 Å². The largest absolute Gasteiger partial charge is 0.396 e. The fraction of sp³-hybridized carbons (Fsp3) is 0.640. The van der Waals surface area contributed by atoms with Crippen LogP contribution < -0.4 is 5.32 Å². The summed E-state index contributed by atoms with van der Waals surface area (Å²) in [6, 6.07) is 9.12. The fourth-order valence-corrected chi connectivity index (χ4v) is 7.87. The number of carbonyl (C=O) groups excluding carboxylic acids is 2. The Hall–Kier alpha value is -2.52. The SMILES string of the molecule is N#CC1CN(S(=O)(=O)N2CCC[C@H](C(=O)N3CCCC3C(=O)NC3CC(CO)c4ccccc43)C2)C1. The van der Waals surface area contributed by atoms with Crippen molar-refractivity contribution in [2.75, 3.05) is 39.3 Å². The molecule has 2 N–H and O–H groups in total. The molecule has 3 saturated heterocycles. The summed E-state index contributed by atoms with van der Waals surface area (Å²) in [6.07, 6.45) is 3.10. The first-order valence-electron chi connectivity index (χ1n) is 12.8. The summed E-state index contributed by atoms with van der Waals surface area (Å²) in [5.74, 6) is -1.13. The number of nitrogens with one attached hydrogen (secondary N) is 1. The highest BCUT2D eigenvalue weighted by atomic mass is 32.2. The van der Waals surface area contributed by atoms with Crippen LogP contribution in [0.3, 0.4) is 0 Å². The zero-order valence-corrected chi connectivity index (χ0v) is 21.1. The number of rotatable bonds is 6. The Labute approximate surface area is 212 Å². The molecule has 0 bridgehead atoms. The molecule has 0 saturated carbocycles. The van der Waals surface area contributed by atoms with Gasteiger partial charge in [-0.1, -0.05) is 24.3 Å². The normalized spacial score (nSPS) is 29.4. The molecule has 10 nitrogen and oxygen atoms in total. The number of aliphatic hydroxyl groups excluding tert-OH is 1. The Morgan fingerprint density at radius 1 is 1.06 bits per heavy atom. The molecule has 194 valence electrons. The lowest BCUT2D eigenvalue weighted by Crippen LogP contribution is -2.57. The molecule has 0 spiro atoms. The molecule has 3 heterocycles. The van der Waals surface area contributed by atoms with Crippen LogP contribution in [-0.4, -0.2) is 84.2 Å². The van der Waals surface area contributed by atoms with Crippen molar-refractivity contribution in [1.29, 1.82) is 5.26 Å². The summed E-state index contributed by atoms with van der Waals surface area (Å²) in [5, 5.41) is 21.9. The number of fused-ring (bicyclic) bond motifs is 1. The lowest BCUT2D eigenvalue weighted by Gasteiger charge is -2.41. The third-order valence-corrected chi connectivity index (χ3v) is 10.1. The zero-order valence-electron chi connectivity index (χ0n) is 20.3. The Bertz CT molecular complexity index is 1160. The molecule has 3 aliphatic heterocycles. The van der Waals surface area contributed by atoms with E-state index in [-0.39, 0.29) is 55.9 Å². The minimum Gasteiger partial charge on any atom is -0.396 e. The molecule has 1 aromatic rings. The smallest absolute Gasteiger partial charge is 0.282 e. The molecule has 1 aromatic carbocycles.